The third kappa shape index (κ3) is 3.06. The molecule has 1 aliphatic heterocycles. The number of carbonyl (C=O) groups is 1. The van der Waals surface area contributed by atoms with E-state index in [-0.39, 0.29) is 24.2 Å². The number of allylic oxidation sites excluding steroid dienone is 2. The van der Waals surface area contributed by atoms with Crippen LogP contribution in [0, 0.1) is 5.92 Å². The fraction of sp³-hybridized carbons (Fsp3) is 0.706. The molecule has 4 atom stereocenters. The third-order valence-electron chi connectivity index (χ3n) is 4.86. The number of nitrogens with zero attached hydrogens (tertiary/aromatic N) is 1. The van der Waals surface area contributed by atoms with Gasteiger partial charge in [-0.15, -0.1) is 6.58 Å². The van der Waals surface area contributed by atoms with Gasteiger partial charge in [-0.25, -0.2) is 0 Å². The van der Waals surface area contributed by atoms with Crippen molar-refractivity contribution in [3.63, 3.8) is 0 Å². The first kappa shape index (κ1) is 14.8. The molecular formula is C17H25NO3. The van der Waals surface area contributed by atoms with Crippen molar-refractivity contribution >= 4 is 5.91 Å². The van der Waals surface area contributed by atoms with Gasteiger partial charge in [0.25, 0.3) is 0 Å². The van der Waals surface area contributed by atoms with Gasteiger partial charge in [0, 0.05) is 12.5 Å². The zero-order valence-corrected chi connectivity index (χ0v) is 12.6. The lowest BCUT2D eigenvalue weighted by molar-refractivity contribution is -0.140. The highest BCUT2D eigenvalue weighted by atomic mass is 16.5. The van der Waals surface area contributed by atoms with Gasteiger partial charge in [-0.1, -0.05) is 18.2 Å². The molecule has 3 aliphatic rings. The molecule has 21 heavy (non-hydrogen) atoms. The predicted octanol–water partition coefficient (Wildman–Crippen LogP) is 2.30. The summed E-state index contributed by atoms with van der Waals surface area (Å²) in [5, 5.41) is 0. The second-order valence-electron chi connectivity index (χ2n) is 6.15. The molecule has 2 fully saturated rings. The molecule has 0 aromatic rings. The second-order valence-corrected chi connectivity index (χ2v) is 6.15. The Kier molecular flexibility index (Phi) is 4.76. The maximum Gasteiger partial charge on any atom is 0.226 e. The van der Waals surface area contributed by atoms with Gasteiger partial charge in [0.05, 0.1) is 25.4 Å². The van der Waals surface area contributed by atoms with Gasteiger partial charge in [0.15, 0.2) is 0 Å². The van der Waals surface area contributed by atoms with Crippen LogP contribution in [0.25, 0.3) is 0 Å². The van der Waals surface area contributed by atoms with E-state index in [0.29, 0.717) is 25.7 Å². The largest absolute Gasteiger partial charge is 0.374 e. The molecule has 0 radical (unpaired) electrons. The minimum absolute atomic E-state index is 0.00795. The Bertz CT molecular complexity index is 420. The Hall–Kier alpha value is -1.13. The molecule has 0 N–H and O–H groups in total. The van der Waals surface area contributed by atoms with Crippen molar-refractivity contribution in [3.05, 3.63) is 24.8 Å². The molecule has 2 bridgehead atoms. The van der Waals surface area contributed by atoms with Crippen LogP contribution in [0.1, 0.15) is 32.1 Å². The lowest BCUT2D eigenvalue weighted by atomic mass is 9.92. The highest BCUT2D eigenvalue weighted by Gasteiger charge is 2.45. The number of amides is 1. The number of fused-ring (bicyclic) bond motifs is 2. The van der Waals surface area contributed by atoms with Crippen LogP contribution in [0.15, 0.2) is 24.8 Å². The molecule has 0 unspecified atom stereocenters. The lowest BCUT2D eigenvalue weighted by Gasteiger charge is -2.34. The average Bonchev–Trinajstić information content (AvgIpc) is 2.81. The van der Waals surface area contributed by atoms with Crippen LogP contribution in [0.3, 0.4) is 0 Å². The summed E-state index contributed by atoms with van der Waals surface area (Å²) in [5.41, 5.74) is 0. The van der Waals surface area contributed by atoms with E-state index in [1.807, 2.05) is 4.90 Å². The van der Waals surface area contributed by atoms with E-state index in [0.717, 1.165) is 32.1 Å². The summed E-state index contributed by atoms with van der Waals surface area (Å²) in [5.74, 6) is 0.440. The average molecular weight is 291 g/mol. The minimum Gasteiger partial charge on any atom is -0.374 e. The molecule has 1 saturated carbocycles. The van der Waals surface area contributed by atoms with Crippen LogP contribution in [0.4, 0.5) is 0 Å². The molecule has 4 nitrogen and oxygen atoms in total. The molecular weight excluding hydrogens is 266 g/mol. The van der Waals surface area contributed by atoms with Crippen molar-refractivity contribution in [1.82, 2.24) is 4.90 Å². The topological polar surface area (TPSA) is 38.8 Å². The Morgan fingerprint density at radius 3 is 3.05 bits per heavy atom. The van der Waals surface area contributed by atoms with Gasteiger partial charge in [-0.2, -0.15) is 0 Å². The summed E-state index contributed by atoms with van der Waals surface area (Å²) in [6.45, 7) is 5.57. The zero-order chi connectivity index (χ0) is 14.7. The highest BCUT2D eigenvalue weighted by molar-refractivity contribution is 5.79. The van der Waals surface area contributed by atoms with Gasteiger partial charge in [0.1, 0.15) is 6.10 Å². The third-order valence-corrected chi connectivity index (χ3v) is 4.86. The summed E-state index contributed by atoms with van der Waals surface area (Å²) in [4.78, 5) is 14.9. The Morgan fingerprint density at radius 1 is 1.38 bits per heavy atom. The van der Waals surface area contributed by atoms with E-state index in [2.05, 4.69) is 18.7 Å². The van der Waals surface area contributed by atoms with Crippen molar-refractivity contribution in [2.75, 3.05) is 19.8 Å². The Morgan fingerprint density at radius 2 is 2.29 bits per heavy atom. The predicted molar refractivity (Wildman–Crippen MR) is 80.9 cm³/mol. The fourth-order valence-corrected chi connectivity index (χ4v) is 3.81. The number of hydrogen-bond acceptors (Lipinski definition) is 3. The maximum atomic E-state index is 12.9. The van der Waals surface area contributed by atoms with E-state index in [1.54, 1.807) is 6.08 Å². The fourth-order valence-electron chi connectivity index (χ4n) is 3.81. The summed E-state index contributed by atoms with van der Waals surface area (Å²) in [6, 6.07) is 0.177. The molecule has 2 aliphatic carbocycles. The van der Waals surface area contributed by atoms with E-state index >= 15 is 0 Å². The van der Waals surface area contributed by atoms with Crippen LogP contribution in [-0.4, -0.2) is 48.8 Å². The Balaban J connectivity index is 1.72. The first-order valence-electron chi connectivity index (χ1n) is 8.11. The molecule has 4 heteroatoms. The highest BCUT2D eigenvalue weighted by Crippen LogP contribution is 2.34. The van der Waals surface area contributed by atoms with Crippen LogP contribution >= 0.6 is 0 Å². The molecule has 1 saturated heterocycles. The van der Waals surface area contributed by atoms with E-state index in [9.17, 15) is 4.79 Å². The smallest absolute Gasteiger partial charge is 0.226 e. The van der Waals surface area contributed by atoms with Gasteiger partial charge in [0.2, 0.25) is 5.91 Å². The minimum atomic E-state index is 0.00795. The van der Waals surface area contributed by atoms with Gasteiger partial charge >= 0.3 is 0 Å². The van der Waals surface area contributed by atoms with Crippen LogP contribution in [0.2, 0.25) is 0 Å². The summed E-state index contributed by atoms with van der Waals surface area (Å²) in [7, 11) is 0. The van der Waals surface area contributed by atoms with Gasteiger partial charge in [-0.3, -0.25) is 4.79 Å². The van der Waals surface area contributed by atoms with Gasteiger partial charge in [-0.05, 0) is 32.1 Å². The molecule has 0 spiro atoms. The molecule has 116 valence electrons. The van der Waals surface area contributed by atoms with Gasteiger partial charge < -0.3 is 14.4 Å². The van der Waals surface area contributed by atoms with Crippen LogP contribution < -0.4 is 0 Å². The molecule has 0 aromatic carbocycles. The molecule has 0 aromatic heterocycles. The van der Waals surface area contributed by atoms with Crippen molar-refractivity contribution in [3.8, 4) is 0 Å². The summed E-state index contributed by atoms with van der Waals surface area (Å²) < 4.78 is 11.8. The number of ether oxygens (including phenoxy) is 2. The zero-order valence-electron chi connectivity index (χ0n) is 12.6. The lowest BCUT2D eigenvalue weighted by Crippen LogP contribution is -2.48. The normalized spacial score (nSPS) is 35.5. The monoisotopic (exact) mass is 291 g/mol. The standard InChI is InChI=1S/C17H25NO3/c1-2-11-21-16-14-8-9-15(16)20-12-10-18(14)17(19)13-6-4-3-5-7-13/h2-4,13-16H,1,5-12H2/t13-,14-,15-,16+/m1/s1. The van der Waals surface area contributed by atoms with Crippen molar-refractivity contribution < 1.29 is 14.3 Å². The SMILES string of the molecule is C=CCO[C@H]1[C@H]2CC[C@H]1OCCN2C(=O)[C@@H]1CC=CCC1. The Labute approximate surface area is 126 Å². The quantitative estimate of drug-likeness (QED) is 0.746. The van der Waals surface area contributed by atoms with Crippen LogP contribution in [0.5, 0.6) is 0 Å². The van der Waals surface area contributed by atoms with E-state index in [4.69, 9.17) is 9.47 Å². The van der Waals surface area contributed by atoms with Crippen molar-refractivity contribution in [2.45, 2.75) is 50.4 Å². The van der Waals surface area contributed by atoms with Crippen molar-refractivity contribution in [1.29, 1.82) is 0 Å². The molecule has 1 amide bonds. The number of carbonyl (C=O) groups excluding carboxylic acids is 1. The maximum absolute atomic E-state index is 12.9. The van der Waals surface area contributed by atoms with E-state index in [1.165, 1.54) is 0 Å². The number of hydrogen-bond donors (Lipinski definition) is 0. The molecule has 1 heterocycles. The number of rotatable bonds is 4. The van der Waals surface area contributed by atoms with E-state index < -0.39 is 0 Å². The first-order chi connectivity index (χ1) is 10.3. The molecule has 3 rings (SSSR count). The van der Waals surface area contributed by atoms with Crippen LogP contribution in [-0.2, 0) is 14.3 Å². The summed E-state index contributed by atoms with van der Waals surface area (Å²) >= 11 is 0. The second kappa shape index (κ2) is 6.75. The first-order valence-corrected chi connectivity index (χ1v) is 8.11. The summed E-state index contributed by atoms with van der Waals surface area (Å²) in [6.07, 6.45) is 11.1. The van der Waals surface area contributed by atoms with Crippen molar-refractivity contribution in [2.24, 2.45) is 5.92 Å².